The van der Waals surface area contributed by atoms with Gasteiger partial charge >= 0.3 is 0 Å². The minimum Gasteiger partial charge on any atom is -0.507 e. The number of nitrogens with one attached hydrogen (secondary N) is 1. The highest BCUT2D eigenvalue weighted by molar-refractivity contribution is 7.89. The molecule has 0 saturated carbocycles. The number of hydrogen-bond acceptors (Lipinski definition) is 5. The summed E-state index contributed by atoms with van der Waals surface area (Å²) in [4.78, 5) is 12.5. The normalized spacial score (nSPS) is 14.9. The number of rotatable bonds is 6. The van der Waals surface area contributed by atoms with Crippen LogP contribution in [0.4, 0.5) is 5.69 Å². The molecule has 144 valence electrons. The van der Waals surface area contributed by atoms with Crippen molar-refractivity contribution in [1.29, 1.82) is 0 Å². The number of sulfonamides is 1. The van der Waals surface area contributed by atoms with Gasteiger partial charge < -0.3 is 15.2 Å². The molecule has 0 spiro atoms. The van der Waals surface area contributed by atoms with Gasteiger partial charge in [0.05, 0.1) is 17.1 Å². The summed E-state index contributed by atoms with van der Waals surface area (Å²) in [5.41, 5.74) is 0.416. The SMILES string of the molecule is CCOc1ccc(NC(=O)c2cc(S(=O)(=O)N3CCCC3)ccc2O)cc1. The van der Waals surface area contributed by atoms with Gasteiger partial charge in [-0.1, -0.05) is 0 Å². The van der Waals surface area contributed by atoms with E-state index in [9.17, 15) is 18.3 Å². The Hall–Kier alpha value is -2.58. The monoisotopic (exact) mass is 390 g/mol. The third kappa shape index (κ3) is 4.23. The third-order valence-corrected chi connectivity index (χ3v) is 6.23. The molecule has 1 saturated heterocycles. The first-order valence-corrected chi connectivity index (χ1v) is 10.2. The Labute approximate surface area is 158 Å². The van der Waals surface area contributed by atoms with E-state index in [1.807, 2.05) is 6.92 Å². The molecule has 0 aromatic heterocycles. The number of phenolic OH excluding ortho intramolecular Hbond substituents is 1. The molecule has 3 rings (SSSR count). The van der Waals surface area contributed by atoms with Gasteiger partial charge in [-0.05, 0) is 62.2 Å². The summed E-state index contributed by atoms with van der Waals surface area (Å²) >= 11 is 0. The average Bonchev–Trinajstić information content (AvgIpc) is 3.19. The number of anilines is 1. The van der Waals surface area contributed by atoms with Crippen LogP contribution in [0.1, 0.15) is 30.1 Å². The maximum absolute atomic E-state index is 12.7. The van der Waals surface area contributed by atoms with Gasteiger partial charge in [-0.25, -0.2) is 8.42 Å². The van der Waals surface area contributed by atoms with Crippen LogP contribution in [0.2, 0.25) is 0 Å². The lowest BCUT2D eigenvalue weighted by atomic mass is 10.2. The molecule has 1 aliphatic heterocycles. The van der Waals surface area contributed by atoms with Crippen LogP contribution in [0.15, 0.2) is 47.4 Å². The highest BCUT2D eigenvalue weighted by atomic mass is 32.2. The standard InChI is InChI=1S/C19H22N2O5S/c1-2-26-15-7-5-14(6-8-15)20-19(23)17-13-16(9-10-18(17)22)27(24,25)21-11-3-4-12-21/h5-10,13,22H,2-4,11-12H2,1H3,(H,20,23). The van der Waals surface area contributed by atoms with Crippen LogP contribution in [0, 0.1) is 0 Å². The number of hydrogen-bond donors (Lipinski definition) is 2. The summed E-state index contributed by atoms with van der Waals surface area (Å²) in [6.45, 7) is 3.35. The van der Waals surface area contributed by atoms with E-state index in [1.165, 1.54) is 22.5 Å². The zero-order chi connectivity index (χ0) is 19.4. The minimum atomic E-state index is -3.67. The lowest BCUT2D eigenvalue weighted by Crippen LogP contribution is -2.28. The molecular weight excluding hydrogens is 368 g/mol. The summed E-state index contributed by atoms with van der Waals surface area (Å²) < 4.78 is 32.1. The Balaban J connectivity index is 1.82. The number of nitrogens with zero attached hydrogens (tertiary/aromatic N) is 1. The van der Waals surface area contributed by atoms with E-state index in [0.29, 0.717) is 31.1 Å². The number of ether oxygens (including phenoxy) is 1. The number of carbonyl (C=O) groups is 1. The number of benzene rings is 2. The maximum Gasteiger partial charge on any atom is 0.259 e. The maximum atomic E-state index is 12.7. The fourth-order valence-electron chi connectivity index (χ4n) is 2.93. The van der Waals surface area contributed by atoms with Crippen molar-refractivity contribution in [3.05, 3.63) is 48.0 Å². The van der Waals surface area contributed by atoms with Crippen LogP contribution < -0.4 is 10.1 Å². The zero-order valence-corrected chi connectivity index (χ0v) is 15.8. The highest BCUT2D eigenvalue weighted by Gasteiger charge is 2.28. The lowest BCUT2D eigenvalue weighted by molar-refractivity contribution is 0.102. The van der Waals surface area contributed by atoms with Gasteiger partial charge in [0, 0.05) is 18.8 Å². The number of aromatic hydroxyl groups is 1. The molecule has 0 atom stereocenters. The molecule has 1 amide bonds. The van der Waals surface area contributed by atoms with Crippen LogP contribution in [0.5, 0.6) is 11.5 Å². The summed E-state index contributed by atoms with van der Waals surface area (Å²) in [7, 11) is -3.67. The van der Waals surface area contributed by atoms with Gasteiger partial charge in [0.2, 0.25) is 10.0 Å². The first kappa shape index (κ1) is 19.2. The van der Waals surface area contributed by atoms with Gasteiger partial charge in [0.15, 0.2) is 0 Å². The first-order valence-electron chi connectivity index (χ1n) is 8.79. The van der Waals surface area contributed by atoms with Crippen LogP contribution >= 0.6 is 0 Å². The van der Waals surface area contributed by atoms with Crippen LogP contribution in [0.3, 0.4) is 0 Å². The van der Waals surface area contributed by atoms with Crippen molar-refractivity contribution < 1.29 is 23.1 Å². The van der Waals surface area contributed by atoms with E-state index in [2.05, 4.69) is 5.32 Å². The van der Waals surface area contributed by atoms with Gasteiger partial charge in [-0.3, -0.25) is 4.79 Å². The molecule has 0 unspecified atom stereocenters. The summed E-state index contributed by atoms with van der Waals surface area (Å²) in [5, 5.41) is 12.7. The summed E-state index contributed by atoms with van der Waals surface area (Å²) in [6.07, 6.45) is 1.64. The van der Waals surface area contributed by atoms with E-state index >= 15 is 0 Å². The molecule has 2 N–H and O–H groups in total. The fourth-order valence-corrected chi connectivity index (χ4v) is 4.48. The van der Waals surface area contributed by atoms with Gasteiger partial charge in [-0.15, -0.1) is 0 Å². The van der Waals surface area contributed by atoms with Crippen molar-refractivity contribution in [2.75, 3.05) is 25.0 Å². The van der Waals surface area contributed by atoms with Crippen molar-refractivity contribution in [2.45, 2.75) is 24.7 Å². The van der Waals surface area contributed by atoms with E-state index in [-0.39, 0.29) is 16.2 Å². The molecule has 2 aromatic carbocycles. The minimum absolute atomic E-state index is 0.000885. The van der Waals surface area contributed by atoms with Crippen molar-refractivity contribution in [2.24, 2.45) is 0 Å². The Morgan fingerprint density at radius 2 is 1.81 bits per heavy atom. The smallest absolute Gasteiger partial charge is 0.259 e. The Morgan fingerprint density at radius 1 is 1.15 bits per heavy atom. The molecule has 1 heterocycles. The predicted molar refractivity (Wildman–Crippen MR) is 102 cm³/mol. The summed E-state index contributed by atoms with van der Waals surface area (Å²) in [5.74, 6) is -0.189. The topological polar surface area (TPSA) is 95.9 Å². The Kier molecular flexibility index (Phi) is 5.67. The molecular formula is C19H22N2O5S. The second kappa shape index (κ2) is 7.98. The second-order valence-electron chi connectivity index (χ2n) is 6.20. The third-order valence-electron chi connectivity index (χ3n) is 4.34. The van der Waals surface area contributed by atoms with Crippen molar-refractivity contribution in [3.8, 4) is 11.5 Å². The number of phenols is 1. The van der Waals surface area contributed by atoms with Crippen LogP contribution in [0.25, 0.3) is 0 Å². The molecule has 0 radical (unpaired) electrons. The second-order valence-corrected chi connectivity index (χ2v) is 8.14. The van der Waals surface area contributed by atoms with E-state index in [4.69, 9.17) is 4.74 Å². The van der Waals surface area contributed by atoms with Crippen molar-refractivity contribution in [3.63, 3.8) is 0 Å². The molecule has 8 heteroatoms. The van der Waals surface area contributed by atoms with Gasteiger partial charge in [0.1, 0.15) is 11.5 Å². The quantitative estimate of drug-likeness (QED) is 0.791. The first-order chi connectivity index (χ1) is 12.9. The predicted octanol–water partition coefficient (Wildman–Crippen LogP) is 2.83. The van der Waals surface area contributed by atoms with E-state index in [1.54, 1.807) is 24.3 Å². The fraction of sp³-hybridized carbons (Fsp3) is 0.316. The molecule has 1 fully saturated rings. The molecule has 2 aromatic rings. The molecule has 27 heavy (non-hydrogen) atoms. The summed E-state index contributed by atoms with van der Waals surface area (Å²) in [6, 6.07) is 10.5. The Morgan fingerprint density at radius 3 is 2.44 bits per heavy atom. The van der Waals surface area contributed by atoms with Crippen molar-refractivity contribution >= 4 is 21.6 Å². The lowest BCUT2D eigenvalue weighted by Gasteiger charge is -2.16. The van der Waals surface area contributed by atoms with Crippen LogP contribution in [-0.2, 0) is 10.0 Å². The molecule has 0 aliphatic carbocycles. The molecule has 0 bridgehead atoms. The number of carbonyl (C=O) groups excluding carboxylic acids is 1. The van der Waals surface area contributed by atoms with Gasteiger partial charge in [0.25, 0.3) is 5.91 Å². The molecule has 7 nitrogen and oxygen atoms in total. The van der Waals surface area contributed by atoms with Crippen molar-refractivity contribution in [1.82, 2.24) is 4.31 Å². The van der Waals surface area contributed by atoms with Crippen LogP contribution in [-0.4, -0.2) is 43.4 Å². The number of amides is 1. The molecule has 1 aliphatic rings. The Bertz CT molecular complexity index is 920. The zero-order valence-electron chi connectivity index (χ0n) is 15.0. The van der Waals surface area contributed by atoms with Gasteiger partial charge in [-0.2, -0.15) is 4.31 Å². The van der Waals surface area contributed by atoms with E-state index < -0.39 is 15.9 Å². The highest BCUT2D eigenvalue weighted by Crippen LogP contribution is 2.27. The van der Waals surface area contributed by atoms with E-state index in [0.717, 1.165) is 12.8 Å². The largest absolute Gasteiger partial charge is 0.507 e. The average molecular weight is 390 g/mol.